The molecule has 0 aliphatic heterocycles. The van der Waals surface area contributed by atoms with Crippen LogP contribution in [0.5, 0.6) is 0 Å². The van der Waals surface area contributed by atoms with E-state index in [0.717, 1.165) is 19.3 Å². The molecule has 2 rings (SSSR count). The second-order valence-corrected chi connectivity index (χ2v) is 6.57. The first-order valence-corrected chi connectivity index (χ1v) is 7.03. The monoisotopic (exact) mass is 245 g/mol. The summed E-state index contributed by atoms with van der Waals surface area (Å²) in [6.07, 6.45) is 6.62. The zero-order valence-corrected chi connectivity index (χ0v) is 10.9. The van der Waals surface area contributed by atoms with Crippen molar-refractivity contribution in [3.8, 4) is 0 Å². The summed E-state index contributed by atoms with van der Waals surface area (Å²) in [5.41, 5.74) is 6.13. The van der Waals surface area contributed by atoms with Gasteiger partial charge in [-0.2, -0.15) is 0 Å². The van der Waals surface area contributed by atoms with Crippen molar-refractivity contribution in [3.63, 3.8) is 0 Å². The van der Waals surface area contributed by atoms with Gasteiger partial charge in [0.1, 0.15) is 0 Å². The number of nitrogens with two attached hydrogens (primary N) is 1. The zero-order chi connectivity index (χ0) is 12.5. The van der Waals surface area contributed by atoms with Crippen molar-refractivity contribution in [1.29, 1.82) is 0 Å². The first-order chi connectivity index (χ1) is 7.95. The van der Waals surface area contributed by atoms with Crippen LogP contribution in [0.2, 0.25) is 0 Å². The highest BCUT2D eigenvalue weighted by atomic mass is 19.3. The molecule has 2 fully saturated rings. The predicted octanol–water partition coefficient (Wildman–Crippen LogP) is 3.97. The molecule has 0 spiro atoms. The summed E-state index contributed by atoms with van der Waals surface area (Å²) in [5.74, 6) is -1.48. The minimum absolute atomic E-state index is 0.0911. The van der Waals surface area contributed by atoms with Gasteiger partial charge in [-0.1, -0.05) is 19.8 Å². The maximum absolute atomic E-state index is 13.2. The van der Waals surface area contributed by atoms with Crippen LogP contribution in [0.15, 0.2) is 0 Å². The fourth-order valence-corrected chi connectivity index (χ4v) is 4.05. The van der Waals surface area contributed by atoms with Crippen LogP contribution in [-0.4, -0.2) is 12.5 Å². The third kappa shape index (κ3) is 3.18. The summed E-state index contributed by atoms with van der Waals surface area (Å²) in [5, 5.41) is 0. The van der Waals surface area contributed by atoms with Crippen molar-refractivity contribution in [1.82, 2.24) is 0 Å². The minimum atomic E-state index is -2.40. The lowest BCUT2D eigenvalue weighted by molar-refractivity contribution is 0.00119. The Morgan fingerprint density at radius 1 is 1.18 bits per heavy atom. The van der Waals surface area contributed by atoms with E-state index in [1.54, 1.807) is 0 Å². The average Bonchev–Trinajstić information content (AvgIpc) is 2.58. The van der Waals surface area contributed by atoms with Crippen LogP contribution in [0.25, 0.3) is 0 Å². The van der Waals surface area contributed by atoms with Gasteiger partial charge >= 0.3 is 0 Å². The van der Waals surface area contributed by atoms with Gasteiger partial charge in [-0.05, 0) is 49.5 Å². The molecule has 3 heteroatoms. The van der Waals surface area contributed by atoms with E-state index < -0.39 is 5.92 Å². The van der Waals surface area contributed by atoms with E-state index in [1.165, 1.54) is 12.8 Å². The van der Waals surface area contributed by atoms with Gasteiger partial charge in [-0.25, -0.2) is 8.78 Å². The Morgan fingerprint density at radius 2 is 1.94 bits per heavy atom. The minimum Gasteiger partial charge on any atom is -0.330 e. The molecule has 0 aromatic heterocycles. The molecule has 2 N–H and O–H groups in total. The molecule has 2 saturated carbocycles. The van der Waals surface area contributed by atoms with Crippen LogP contribution in [0.4, 0.5) is 8.78 Å². The van der Waals surface area contributed by atoms with Crippen LogP contribution >= 0.6 is 0 Å². The topological polar surface area (TPSA) is 26.0 Å². The summed E-state index contributed by atoms with van der Waals surface area (Å²) in [7, 11) is 0. The molecule has 2 aliphatic carbocycles. The van der Waals surface area contributed by atoms with Crippen molar-refractivity contribution in [2.45, 2.75) is 64.2 Å². The van der Waals surface area contributed by atoms with E-state index in [0.29, 0.717) is 18.9 Å². The van der Waals surface area contributed by atoms with Gasteiger partial charge in [0, 0.05) is 12.8 Å². The molecule has 0 aromatic carbocycles. The Morgan fingerprint density at radius 3 is 2.47 bits per heavy atom. The maximum atomic E-state index is 13.2. The molecule has 2 aliphatic rings. The normalized spacial score (nSPS) is 41.6. The molecular formula is C14H25F2N. The molecular weight excluding hydrogens is 220 g/mol. The van der Waals surface area contributed by atoms with Gasteiger partial charge in [-0.15, -0.1) is 0 Å². The van der Waals surface area contributed by atoms with Crippen molar-refractivity contribution in [3.05, 3.63) is 0 Å². The molecule has 0 aromatic rings. The van der Waals surface area contributed by atoms with E-state index in [9.17, 15) is 8.78 Å². The predicted molar refractivity (Wildman–Crippen MR) is 66.0 cm³/mol. The maximum Gasteiger partial charge on any atom is 0.248 e. The third-order valence-electron chi connectivity index (χ3n) is 4.85. The summed E-state index contributed by atoms with van der Waals surface area (Å²) in [4.78, 5) is 0. The van der Waals surface area contributed by atoms with Crippen LogP contribution < -0.4 is 5.73 Å². The van der Waals surface area contributed by atoms with Gasteiger partial charge < -0.3 is 5.73 Å². The van der Waals surface area contributed by atoms with Crippen molar-refractivity contribution >= 4 is 0 Å². The molecule has 0 amide bonds. The summed E-state index contributed by atoms with van der Waals surface area (Å²) >= 11 is 0. The van der Waals surface area contributed by atoms with Gasteiger partial charge in [0.05, 0.1) is 0 Å². The number of hydrogen-bond acceptors (Lipinski definition) is 1. The molecule has 0 bridgehead atoms. The first-order valence-electron chi connectivity index (χ1n) is 7.03. The van der Waals surface area contributed by atoms with Crippen LogP contribution in [0.3, 0.4) is 0 Å². The zero-order valence-electron chi connectivity index (χ0n) is 10.9. The summed E-state index contributed by atoms with van der Waals surface area (Å²) in [6, 6.07) is 0. The van der Waals surface area contributed by atoms with Crippen molar-refractivity contribution in [2.24, 2.45) is 23.0 Å². The Kier molecular flexibility index (Phi) is 3.77. The van der Waals surface area contributed by atoms with Gasteiger partial charge in [0.2, 0.25) is 5.92 Å². The SMILES string of the molecule is CC1CCCC(CN)(CC2CCC(F)(F)C2)C1. The summed E-state index contributed by atoms with van der Waals surface area (Å²) < 4.78 is 26.4. The molecule has 0 heterocycles. The smallest absolute Gasteiger partial charge is 0.248 e. The first kappa shape index (κ1) is 13.3. The van der Waals surface area contributed by atoms with Crippen molar-refractivity contribution in [2.75, 3.05) is 6.54 Å². The Balaban J connectivity index is 1.95. The molecule has 3 unspecified atom stereocenters. The Hall–Kier alpha value is -0.180. The molecule has 100 valence electrons. The van der Waals surface area contributed by atoms with Gasteiger partial charge in [0.15, 0.2) is 0 Å². The molecule has 1 nitrogen and oxygen atoms in total. The molecule has 3 atom stereocenters. The highest BCUT2D eigenvalue weighted by molar-refractivity contribution is 4.91. The number of halogens is 2. The largest absolute Gasteiger partial charge is 0.330 e. The second-order valence-electron chi connectivity index (χ2n) is 6.57. The fourth-order valence-electron chi connectivity index (χ4n) is 4.05. The second kappa shape index (κ2) is 4.83. The van der Waals surface area contributed by atoms with Crippen LogP contribution in [-0.2, 0) is 0 Å². The van der Waals surface area contributed by atoms with E-state index in [2.05, 4.69) is 6.92 Å². The highest BCUT2D eigenvalue weighted by Gasteiger charge is 2.43. The molecule has 0 saturated heterocycles. The lowest BCUT2D eigenvalue weighted by Crippen LogP contribution is -2.37. The molecule has 0 radical (unpaired) electrons. The van der Waals surface area contributed by atoms with Gasteiger partial charge in [-0.3, -0.25) is 0 Å². The quantitative estimate of drug-likeness (QED) is 0.800. The Labute approximate surface area is 103 Å². The van der Waals surface area contributed by atoms with E-state index in [4.69, 9.17) is 5.73 Å². The number of hydrogen-bond donors (Lipinski definition) is 1. The van der Waals surface area contributed by atoms with Crippen LogP contribution in [0, 0.1) is 17.3 Å². The van der Waals surface area contributed by atoms with E-state index >= 15 is 0 Å². The van der Waals surface area contributed by atoms with Crippen LogP contribution in [0.1, 0.15) is 58.3 Å². The number of rotatable bonds is 3. The average molecular weight is 245 g/mol. The van der Waals surface area contributed by atoms with E-state index in [1.807, 2.05) is 0 Å². The fraction of sp³-hybridized carbons (Fsp3) is 1.00. The lowest BCUT2D eigenvalue weighted by atomic mass is 9.66. The lowest BCUT2D eigenvalue weighted by Gasteiger charge is -2.41. The van der Waals surface area contributed by atoms with Gasteiger partial charge in [0.25, 0.3) is 0 Å². The Bertz CT molecular complexity index is 267. The molecule has 17 heavy (non-hydrogen) atoms. The standard InChI is InChI=1S/C14H25F2N/c1-11-3-2-5-13(7-11,10-17)8-12-4-6-14(15,16)9-12/h11-12H,2-10,17H2,1H3. The van der Waals surface area contributed by atoms with Crippen molar-refractivity contribution < 1.29 is 8.78 Å². The summed E-state index contributed by atoms with van der Waals surface area (Å²) in [6.45, 7) is 2.95. The third-order valence-corrected chi connectivity index (χ3v) is 4.85. The highest BCUT2D eigenvalue weighted by Crippen LogP contribution is 2.49. The number of alkyl halides is 2. The van der Waals surface area contributed by atoms with E-state index in [-0.39, 0.29) is 24.2 Å².